The Balaban J connectivity index is 2.43. The van der Waals surface area contributed by atoms with Gasteiger partial charge in [0.15, 0.2) is 0 Å². The van der Waals surface area contributed by atoms with E-state index < -0.39 is 5.97 Å². The SMILES string of the molecule is CCn1c(CCC(=O)O)cc2cc(OC)cnc21. The summed E-state index contributed by atoms with van der Waals surface area (Å²) < 4.78 is 7.18. The summed E-state index contributed by atoms with van der Waals surface area (Å²) in [5.41, 5.74) is 1.87. The fourth-order valence-electron chi connectivity index (χ4n) is 2.09. The van der Waals surface area contributed by atoms with Crippen LogP contribution in [0, 0.1) is 0 Å². The summed E-state index contributed by atoms with van der Waals surface area (Å²) in [5, 5.41) is 9.73. The zero-order chi connectivity index (χ0) is 13.1. The second-order valence-corrected chi connectivity index (χ2v) is 4.06. The first-order valence-electron chi connectivity index (χ1n) is 5.89. The number of carboxylic acid groups (broad SMARTS) is 1. The second kappa shape index (κ2) is 5.08. The number of nitrogens with zero attached hydrogens (tertiary/aromatic N) is 2. The number of fused-ring (bicyclic) bond motifs is 1. The third-order valence-corrected chi connectivity index (χ3v) is 2.94. The van der Waals surface area contributed by atoms with Gasteiger partial charge in [-0.05, 0) is 25.5 Å². The highest BCUT2D eigenvalue weighted by molar-refractivity contribution is 5.79. The molecule has 1 N–H and O–H groups in total. The zero-order valence-corrected chi connectivity index (χ0v) is 10.5. The minimum atomic E-state index is -0.784. The number of hydrogen-bond acceptors (Lipinski definition) is 3. The van der Waals surface area contributed by atoms with Gasteiger partial charge >= 0.3 is 5.97 Å². The lowest BCUT2D eigenvalue weighted by Crippen LogP contribution is -2.04. The molecule has 0 amide bonds. The van der Waals surface area contributed by atoms with Crippen molar-refractivity contribution in [1.29, 1.82) is 0 Å². The molecule has 0 spiro atoms. The summed E-state index contributed by atoms with van der Waals surface area (Å²) in [5.74, 6) is -0.0750. The Morgan fingerprint density at radius 3 is 2.89 bits per heavy atom. The van der Waals surface area contributed by atoms with E-state index in [1.165, 1.54) is 0 Å². The first-order valence-corrected chi connectivity index (χ1v) is 5.89. The van der Waals surface area contributed by atoms with Crippen molar-refractivity contribution < 1.29 is 14.6 Å². The summed E-state index contributed by atoms with van der Waals surface area (Å²) in [4.78, 5) is 15.0. The van der Waals surface area contributed by atoms with Gasteiger partial charge in [-0.1, -0.05) is 0 Å². The van der Waals surface area contributed by atoms with Crippen molar-refractivity contribution in [2.75, 3.05) is 7.11 Å². The Bertz CT molecular complexity index is 575. The Morgan fingerprint density at radius 2 is 2.28 bits per heavy atom. The molecule has 2 aromatic rings. The van der Waals surface area contributed by atoms with Gasteiger partial charge in [0.1, 0.15) is 11.4 Å². The average molecular weight is 248 g/mol. The number of methoxy groups -OCH3 is 1. The van der Waals surface area contributed by atoms with Gasteiger partial charge in [0.25, 0.3) is 0 Å². The van der Waals surface area contributed by atoms with Gasteiger partial charge in [-0.25, -0.2) is 4.98 Å². The number of hydrogen-bond donors (Lipinski definition) is 1. The van der Waals surface area contributed by atoms with Gasteiger partial charge in [0.05, 0.1) is 19.7 Å². The van der Waals surface area contributed by atoms with Crippen molar-refractivity contribution in [2.45, 2.75) is 26.3 Å². The lowest BCUT2D eigenvalue weighted by atomic mass is 10.2. The molecular formula is C13H16N2O3. The van der Waals surface area contributed by atoms with Crippen molar-refractivity contribution in [3.63, 3.8) is 0 Å². The number of carbonyl (C=O) groups is 1. The fraction of sp³-hybridized carbons (Fsp3) is 0.385. The number of aliphatic carboxylic acids is 1. The van der Waals surface area contributed by atoms with Crippen LogP contribution >= 0.6 is 0 Å². The van der Waals surface area contributed by atoms with E-state index in [9.17, 15) is 4.79 Å². The van der Waals surface area contributed by atoms with Crippen molar-refractivity contribution in [3.8, 4) is 5.75 Å². The number of pyridine rings is 1. The molecule has 2 aromatic heterocycles. The van der Waals surface area contributed by atoms with Gasteiger partial charge in [-0.2, -0.15) is 0 Å². The highest BCUT2D eigenvalue weighted by atomic mass is 16.5. The van der Waals surface area contributed by atoms with Gasteiger partial charge in [-0.3, -0.25) is 4.79 Å². The highest BCUT2D eigenvalue weighted by Gasteiger charge is 2.10. The van der Waals surface area contributed by atoms with Crippen LogP contribution < -0.4 is 4.74 Å². The standard InChI is InChI=1S/C13H16N2O3/c1-3-15-10(4-5-12(16)17)6-9-7-11(18-2)8-14-13(9)15/h6-8H,3-5H2,1-2H3,(H,16,17). The largest absolute Gasteiger partial charge is 0.495 e. The van der Waals surface area contributed by atoms with Crippen molar-refractivity contribution >= 4 is 17.0 Å². The van der Waals surface area contributed by atoms with E-state index in [4.69, 9.17) is 9.84 Å². The molecule has 18 heavy (non-hydrogen) atoms. The lowest BCUT2D eigenvalue weighted by molar-refractivity contribution is -0.136. The molecule has 0 unspecified atom stereocenters. The van der Waals surface area contributed by atoms with E-state index in [-0.39, 0.29) is 6.42 Å². The number of aromatic nitrogens is 2. The van der Waals surface area contributed by atoms with Gasteiger partial charge in [0, 0.05) is 17.6 Å². The molecule has 2 rings (SSSR count). The second-order valence-electron chi connectivity index (χ2n) is 4.06. The van der Waals surface area contributed by atoms with Crippen LogP contribution in [-0.2, 0) is 17.8 Å². The van der Waals surface area contributed by atoms with Crippen LogP contribution in [0.25, 0.3) is 11.0 Å². The van der Waals surface area contributed by atoms with Crippen molar-refractivity contribution in [2.24, 2.45) is 0 Å². The van der Waals surface area contributed by atoms with E-state index >= 15 is 0 Å². The van der Waals surface area contributed by atoms with Crippen molar-refractivity contribution in [1.82, 2.24) is 9.55 Å². The Kier molecular flexibility index (Phi) is 3.50. The third kappa shape index (κ3) is 2.30. The molecule has 2 heterocycles. The number of rotatable bonds is 5. The zero-order valence-electron chi connectivity index (χ0n) is 10.5. The predicted molar refractivity (Wildman–Crippen MR) is 67.9 cm³/mol. The smallest absolute Gasteiger partial charge is 0.303 e. The maximum absolute atomic E-state index is 10.6. The summed E-state index contributed by atoms with van der Waals surface area (Å²) in [6.07, 6.45) is 2.32. The molecule has 5 nitrogen and oxygen atoms in total. The van der Waals surface area contributed by atoms with Crippen molar-refractivity contribution in [3.05, 3.63) is 24.0 Å². The highest BCUT2D eigenvalue weighted by Crippen LogP contribution is 2.23. The normalized spacial score (nSPS) is 10.8. The molecular weight excluding hydrogens is 232 g/mol. The molecule has 0 aliphatic rings. The van der Waals surface area contributed by atoms with Crippen LogP contribution in [0.3, 0.4) is 0 Å². The van der Waals surface area contributed by atoms with Crippen LogP contribution in [0.1, 0.15) is 19.0 Å². The Hall–Kier alpha value is -2.04. The van der Waals surface area contributed by atoms with Crippen LogP contribution in [0.4, 0.5) is 0 Å². The van der Waals surface area contributed by atoms with Crippen LogP contribution in [0.5, 0.6) is 5.75 Å². The van der Waals surface area contributed by atoms with E-state index in [1.807, 2.05) is 23.6 Å². The molecule has 0 aromatic carbocycles. The van der Waals surface area contributed by atoms with E-state index in [2.05, 4.69) is 4.98 Å². The molecule has 5 heteroatoms. The number of aryl methyl sites for hydroxylation is 2. The van der Waals surface area contributed by atoms with E-state index in [1.54, 1.807) is 13.3 Å². The van der Waals surface area contributed by atoms with E-state index in [0.29, 0.717) is 12.2 Å². The topological polar surface area (TPSA) is 64.4 Å². The summed E-state index contributed by atoms with van der Waals surface area (Å²) in [6.45, 7) is 2.80. The van der Waals surface area contributed by atoms with Gasteiger partial charge in [0.2, 0.25) is 0 Å². The molecule has 0 aliphatic heterocycles. The number of carboxylic acids is 1. The molecule has 0 saturated carbocycles. The third-order valence-electron chi connectivity index (χ3n) is 2.94. The van der Waals surface area contributed by atoms with Crippen LogP contribution in [0.2, 0.25) is 0 Å². The van der Waals surface area contributed by atoms with Gasteiger partial charge < -0.3 is 14.4 Å². The molecule has 0 radical (unpaired) electrons. The molecule has 0 bridgehead atoms. The fourth-order valence-corrected chi connectivity index (χ4v) is 2.09. The monoisotopic (exact) mass is 248 g/mol. The van der Waals surface area contributed by atoms with Crippen LogP contribution in [-0.4, -0.2) is 27.7 Å². The quantitative estimate of drug-likeness (QED) is 0.879. The van der Waals surface area contributed by atoms with Gasteiger partial charge in [-0.15, -0.1) is 0 Å². The maximum Gasteiger partial charge on any atom is 0.303 e. The molecule has 0 fully saturated rings. The average Bonchev–Trinajstić information content (AvgIpc) is 2.72. The lowest BCUT2D eigenvalue weighted by Gasteiger charge is -2.06. The summed E-state index contributed by atoms with van der Waals surface area (Å²) in [7, 11) is 1.60. The first kappa shape index (κ1) is 12.4. The summed E-state index contributed by atoms with van der Waals surface area (Å²) >= 11 is 0. The van der Waals surface area contributed by atoms with Crippen LogP contribution in [0.15, 0.2) is 18.3 Å². The molecule has 0 saturated heterocycles. The molecule has 0 atom stereocenters. The molecule has 96 valence electrons. The first-order chi connectivity index (χ1) is 8.65. The Morgan fingerprint density at radius 1 is 1.50 bits per heavy atom. The Labute approximate surface area is 105 Å². The van der Waals surface area contributed by atoms with E-state index in [0.717, 1.165) is 23.3 Å². The maximum atomic E-state index is 10.6. The minimum Gasteiger partial charge on any atom is -0.495 e. The minimum absolute atomic E-state index is 0.132. The summed E-state index contributed by atoms with van der Waals surface area (Å²) in [6, 6.07) is 3.90. The predicted octanol–water partition coefficient (Wildman–Crippen LogP) is 2.08. The number of ether oxygens (including phenoxy) is 1. The molecule has 0 aliphatic carbocycles.